The molecule has 0 spiro atoms. The van der Waals surface area contributed by atoms with Crippen molar-refractivity contribution >= 4 is 5.82 Å². The lowest BCUT2D eigenvalue weighted by Gasteiger charge is -2.29. The monoisotopic (exact) mass is 388 g/mol. The number of phenolic OH excluding ortho intramolecular Hbond substituents is 1. The van der Waals surface area contributed by atoms with E-state index < -0.39 is 0 Å². The molecule has 0 radical (unpaired) electrons. The smallest absolute Gasteiger partial charge is 0.151 e. The molecule has 1 saturated heterocycles. The molecule has 1 aliphatic carbocycles. The molecule has 2 aliphatic rings. The summed E-state index contributed by atoms with van der Waals surface area (Å²) in [4.78, 5) is 2.28. The Hall–Kier alpha value is -3.06. The zero-order chi connectivity index (χ0) is 19.6. The van der Waals surface area contributed by atoms with E-state index in [9.17, 15) is 5.11 Å². The van der Waals surface area contributed by atoms with E-state index >= 15 is 0 Å². The number of phenols is 1. The van der Waals surface area contributed by atoms with Gasteiger partial charge >= 0.3 is 0 Å². The number of nitrogens with zero attached hydrogens (tertiary/aromatic N) is 5. The Bertz CT molecular complexity index is 974. The van der Waals surface area contributed by atoms with Crippen LogP contribution in [-0.2, 0) is 0 Å². The Morgan fingerprint density at radius 2 is 1.86 bits per heavy atom. The van der Waals surface area contributed by atoms with Gasteiger partial charge in [-0.25, -0.2) is 0 Å². The average molecular weight is 388 g/mol. The third kappa shape index (κ3) is 3.78. The van der Waals surface area contributed by atoms with Crippen molar-refractivity contribution in [2.45, 2.75) is 37.8 Å². The van der Waals surface area contributed by atoms with E-state index in [-0.39, 0.29) is 5.75 Å². The fourth-order valence-electron chi connectivity index (χ4n) is 4.04. The first-order valence-electron chi connectivity index (χ1n) is 10.2. The molecule has 1 saturated carbocycles. The van der Waals surface area contributed by atoms with Crippen LogP contribution >= 0.6 is 0 Å². The molecule has 1 atom stereocenters. The van der Waals surface area contributed by atoms with E-state index in [1.807, 2.05) is 30.3 Å². The van der Waals surface area contributed by atoms with E-state index in [2.05, 4.69) is 30.6 Å². The summed E-state index contributed by atoms with van der Waals surface area (Å²) in [5.41, 5.74) is 3.12. The van der Waals surface area contributed by atoms with Gasteiger partial charge in [0.2, 0.25) is 0 Å². The van der Waals surface area contributed by atoms with Gasteiger partial charge in [0.15, 0.2) is 5.82 Å². The Balaban J connectivity index is 1.29. The molecule has 1 aromatic carbocycles. The van der Waals surface area contributed by atoms with Crippen LogP contribution in [0.3, 0.4) is 0 Å². The van der Waals surface area contributed by atoms with E-state index in [4.69, 9.17) is 0 Å². The van der Waals surface area contributed by atoms with Crippen molar-refractivity contribution in [2.24, 2.45) is 0 Å². The summed E-state index contributed by atoms with van der Waals surface area (Å²) in [5.74, 6) is 1.07. The molecule has 2 fully saturated rings. The summed E-state index contributed by atoms with van der Waals surface area (Å²) >= 11 is 0. The first-order chi connectivity index (χ1) is 14.3. The van der Waals surface area contributed by atoms with E-state index in [1.165, 1.54) is 19.3 Å². The maximum atomic E-state index is 10.5. The van der Waals surface area contributed by atoms with Crippen molar-refractivity contribution in [1.29, 1.82) is 0 Å². The molecule has 1 aliphatic heterocycles. The normalized spacial score (nSPS) is 19.3. The van der Waals surface area contributed by atoms with Gasteiger partial charge in [0.1, 0.15) is 5.75 Å². The first-order valence-corrected chi connectivity index (χ1v) is 10.2. The molecule has 0 amide bonds. The highest BCUT2D eigenvalue weighted by atomic mass is 16.3. The summed E-state index contributed by atoms with van der Waals surface area (Å²) in [6.45, 7) is 1.97. The van der Waals surface area contributed by atoms with Gasteiger partial charge in [-0.1, -0.05) is 12.5 Å². The van der Waals surface area contributed by atoms with Crippen LogP contribution in [0.4, 0.5) is 5.82 Å². The average Bonchev–Trinajstić information content (AvgIpc) is 3.20. The number of anilines is 1. The standard InChI is InChI=1S/C22H24N6O/c29-21-12-15(16-8-10-23-24-13-16)4-5-19(21)20-6-7-22(27-26-20)28-11-9-18(14-28)25-17-2-1-3-17/h4-8,10,12-13,17-18,25,29H,1-3,9,11,14H2. The third-order valence-corrected chi connectivity index (χ3v) is 5.93. The van der Waals surface area contributed by atoms with E-state index in [0.29, 0.717) is 23.3 Å². The van der Waals surface area contributed by atoms with Gasteiger partial charge in [0, 0.05) is 36.3 Å². The van der Waals surface area contributed by atoms with Gasteiger partial charge in [-0.15, -0.1) is 10.2 Å². The molecule has 3 heterocycles. The van der Waals surface area contributed by atoms with Crippen molar-refractivity contribution in [3.05, 3.63) is 48.8 Å². The second kappa shape index (κ2) is 7.75. The molecule has 1 unspecified atom stereocenters. The minimum atomic E-state index is 0.173. The summed E-state index contributed by atoms with van der Waals surface area (Å²) < 4.78 is 0. The predicted molar refractivity (Wildman–Crippen MR) is 112 cm³/mol. The van der Waals surface area contributed by atoms with Crippen LogP contribution in [0.25, 0.3) is 22.4 Å². The Kier molecular flexibility index (Phi) is 4.81. The maximum Gasteiger partial charge on any atom is 0.151 e. The van der Waals surface area contributed by atoms with E-state index in [1.54, 1.807) is 18.5 Å². The highest BCUT2D eigenvalue weighted by Gasteiger charge is 2.27. The van der Waals surface area contributed by atoms with E-state index in [0.717, 1.165) is 36.5 Å². The lowest BCUT2D eigenvalue weighted by Crippen LogP contribution is -2.43. The van der Waals surface area contributed by atoms with Gasteiger partial charge in [0.25, 0.3) is 0 Å². The first kappa shape index (κ1) is 18.0. The Labute approximate surface area is 169 Å². The number of hydrogen-bond acceptors (Lipinski definition) is 7. The SMILES string of the molecule is Oc1cc(-c2ccnnc2)ccc1-c1ccc(N2CCC(NC3CCC3)C2)nn1. The topological polar surface area (TPSA) is 87.1 Å². The van der Waals surface area contributed by atoms with Crippen LogP contribution in [0.1, 0.15) is 25.7 Å². The second-order valence-corrected chi connectivity index (χ2v) is 7.87. The van der Waals surface area contributed by atoms with Crippen molar-refractivity contribution in [3.8, 4) is 28.1 Å². The summed E-state index contributed by atoms with van der Waals surface area (Å²) in [6.07, 6.45) is 8.43. The highest BCUT2D eigenvalue weighted by Crippen LogP contribution is 2.32. The van der Waals surface area contributed by atoms with Gasteiger partial charge in [-0.05, 0) is 55.2 Å². The molecule has 7 nitrogen and oxygen atoms in total. The molecule has 2 aromatic heterocycles. The molecule has 2 N–H and O–H groups in total. The van der Waals surface area contributed by atoms with Gasteiger partial charge < -0.3 is 15.3 Å². The number of benzene rings is 1. The number of rotatable bonds is 5. The fourth-order valence-corrected chi connectivity index (χ4v) is 4.04. The molecule has 3 aromatic rings. The quantitative estimate of drug-likeness (QED) is 0.695. The second-order valence-electron chi connectivity index (χ2n) is 7.87. The number of aromatic nitrogens is 4. The van der Waals surface area contributed by atoms with Crippen LogP contribution in [0, 0.1) is 0 Å². The minimum Gasteiger partial charge on any atom is -0.507 e. The minimum absolute atomic E-state index is 0.173. The highest BCUT2D eigenvalue weighted by molar-refractivity contribution is 5.74. The van der Waals surface area contributed by atoms with Crippen molar-refractivity contribution < 1.29 is 5.11 Å². The molecule has 5 rings (SSSR count). The molecular formula is C22H24N6O. The largest absolute Gasteiger partial charge is 0.507 e. The van der Waals surface area contributed by atoms with Crippen molar-refractivity contribution in [3.63, 3.8) is 0 Å². The maximum absolute atomic E-state index is 10.5. The molecule has 29 heavy (non-hydrogen) atoms. The molecule has 148 valence electrons. The fraction of sp³-hybridized carbons (Fsp3) is 0.364. The lowest BCUT2D eigenvalue weighted by molar-refractivity contribution is 0.311. The van der Waals surface area contributed by atoms with Gasteiger partial charge in [-0.2, -0.15) is 10.2 Å². The summed E-state index contributed by atoms with van der Waals surface area (Å²) in [5, 5.41) is 30.7. The van der Waals surface area contributed by atoms with Gasteiger partial charge in [-0.3, -0.25) is 0 Å². The van der Waals surface area contributed by atoms with Crippen LogP contribution < -0.4 is 10.2 Å². The van der Waals surface area contributed by atoms with Gasteiger partial charge in [0.05, 0.1) is 18.1 Å². The zero-order valence-electron chi connectivity index (χ0n) is 16.2. The predicted octanol–water partition coefficient (Wildman–Crippen LogP) is 3.03. The van der Waals surface area contributed by atoms with Crippen LogP contribution in [0.5, 0.6) is 5.75 Å². The van der Waals surface area contributed by atoms with Crippen LogP contribution in [0.2, 0.25) is 0 Å². The Morgan fingerprint density at radius 3 is 2.55 bits per heavy atom. The van der Waals surface area contributed by atoms with Crippen molar-refractivity contribution in [1.82, 2.24) is 25.7 Å². The van der Waals surface area contributed by atoms with Crippen LogP contribution in [0.15, 0.2) is 48.8 Å². The zero-order valence-corrected chi connectivity index (χ0v) is 16.2. The third-order valence-electron chi connectivity index (χ3n) is 5.93. The number of nitrogens with one attached hydrogen (secondary N) is 1. The summed E-state index contributed by atoms with van der Waals surface area (Å²) in [6, 6.07) is 12.6. The summed E-state index contributed by atoms with van der Waals surface area (Å²) in [7, 11) is 0. The number of hydrogen-bond donors (Lipinski definition) is 2. The van der Waals surface area contributed by atoms with Crippen LogP contribution in [-0.4, -0.2) is 50.7 Å². The molecule has 0 bridgehead atoms. The lowest BCUT2D eigenvalue weighted by atomic mass is 9.92. The molecular weight excluding hydrogens is 364 g/mol. The molecule has 7 heteroatoms. The number of aromatic hydroxyl groups is 1. The Morgan fingerprint density at radius 1 is 0.931 bits per heavy atom. The van der Waals surface area contributed by atoms with Crippen molar-refractivity contribution in [2.75, 3.05) is 18.0 Å².